The number of guanidine groups is 1. The van der Waals surface area contributed by atoms with Crippen LogP contribution in [-0.2, 0) is 9.53 Å². The Kier molecular flexibility index (Phi) is 9.00. The average molecular weight is 591 g/mol. The van der Waals surface area contributed by atoms with Gasteiger partial charge in [0.25, 0.3) is 11.8 Å². The molecule has 0 atom stereocenters. The second-order valence-electron chi connectivity index (χ2n) is 8.57. The van der Waals surface area contributed by atoms with E-state index >= 15 is 8.78 Å². The number of esters is 1. The minimum absolute atomic E-state index is 0.00481. The number of hydrogen-bond donors (Lipinski definition) is 6. The van der Waals surface area contributed by atoms with Crippen LogP contribution in [0, 0.1) is 22.5 Å². The number of nitrogen functional groups attached to an aromatic ring is 1. The number of nitrogens with two attached hydrogens (primary N) is 2. The highest BCUT2D eigenvalue weighted by Crippen LogP contribution is 2.41. The maximum absolute atomic E-state index is 15.7. The summed E-state index contributed by atoms with van der Waals surface area (Å²) in [6, 6.07) is 15.5. The van der Waals surface area contributed by atoms with Crippen molar-refractivity contribution in [3.8, 4) is 40.5 Å². The SMILES string of the molecule is COC(=O)/C=C/c1ccc(Oc2c(F)c(Oc3cccc(NC(=N)N)c3)nc(Oc3cc(C(=N)N)ccc3O)c2F)cc1. The van der Waals surface area contributed by atoms with Gasteiger partial charge in [0, 0.05) is 23.4 Å². The molecule has 0 fully saturated rings. The maximum Gasteiger partial charge on any atom is 0.330 e. The standard InChI is InChI=1S/C29H24F2N6O6/c1-40-22(39)12-7-15-5-9-18(10-6-15)41-25-23(30)27(42-19-4-2-3-17(14-19)36-29(34)35)37-28(24(25)31)43-21-13-16(26(32)33)8-11-20(21)38/h2-14,38H,1H3,(H3,32,33)(H4,34,35,36)/b12-7+. The molecule has 0 spiro atoms. The third-order valence-corrected chi connectivity index (χ3v) is 5.50. The Morgan fingerprint density at radius 3 is 2.28 bits per heavy atom. The van der Waals surface area contributed by atoms with Crippen LogP contribution in [0.4, 0.5) is 14.5 Å². The number of carbonyl (C=O) groups is 1. The molecule has 4 aromatic rings. The van der Waals surface area contributed by atoms with Gasteiger partial charge in [-0.25, -0.2) is 4.79 Å². The second-order valence-corrected chi connectivity index (χ2v) is 8.57. The van der Waals surface area contributed by atoms with Crippen molar-refractivity contribution >= 4 is 29.5 Å². The van der Waals surface area contributed by atoms with Crippen LogP contribution in [0.3, 0.4) is 0 Å². The van der Waals surface area contributed by atoms with Gasteiger partial charge >= 0.3 is 5.97 Å². The Morgan fingerprint density at radius 2 is 1.63 bits per heavy atom. The molecular weight excluding hydrogens is 566 g/mol. The smallest absolute Gasteiger partial charge is 0.330 e. The highest BCUT2D eigenvalue weighted by molar-refractivity contribution is 5.95. The number of rotatable bonds is 10. The zero-order valence-electron chi connectivity index (χ0n) is 22.4. The minimum atomic E-state index is -1.38. The van der Waals surface area contributed by atoms with Gasteiger partial charge in [-0.2, -0.15) is 13.8 Å². The Labute approximate surface area is 243 Å². The van der Waals surface area contributed by atoms with Crippen LogP contribution in [0.5, 0.6) is 40.5 Å². The van der Waals surface area contributed by atoms with Gasteiger partial charge in [0.2, 0.25) is 17.4 Å². The summed E-state index contributed by atoms with van der Waals surface area (Å²) in [5.74, 6) is -7.26. The van der Waals surface area contributed by atoms with E-state index in [4.69, 9.17) is 36.5 Å². The maximum atomic E-state index is 15.7. The van der Waals surface area contributed by atoms with Crippen LogP contribution >= 0.6 is 0 Å². The third kappa shape index (κ3) is 7.52. The highest BCUT2D eigenvalue weighted by Gasteiger charge is 2.26. The fourth-order valence-corrected chi connectivity index (χ4v) is 3.48. The number of phenolic OH excluding ortho intramolecular Hbond substituents is 1. The van der Waals surface area contributed by atoms with Crippen molar-refractivity contribution in [2.75, 3.05) is 12.4 Å². The van der Waals surface area contributed by atoms with E-state index in [1.165, 1.54) is 79.9 Å². The predicted octanol–water partition coefficient (Wildman–Crippen LogP) is 5.22. The molecule has 1 heterocycles. The van der Waals surface area contributed by atoms with Crippen LogP contribution in [0.1, 0.15) is 11.1 Å². The number of aromatic hydroxyl groups is 1. The Hall–Kier alpha value is -6.18. The third-order valence-electron chi connectivity index (χ3n) is 5.50. The molecule has 0 aliphatic carbocycles. The van der Waals surface area contributed by atoms with Gasteiger partial charge in [-0.15, -0.1) is 0 Å². The fraction of sp³-hybridized carbons (Fsp3) is 0.0345. The van der Waals surface area contributed by atoms with Crippen LogP contribution in [-0.4, -0.2) is 35.0 Å². The zero-order valence-corrected chi connectivity index (χ0v) is 22.4. The number of ether oxygens (including phenoxy) is 4. The number of methoxy groups -OCH3 is 1. The number of hydrogen-bond acceptors (Lipinski definition) is 9. The minimum Gasteiger partial charge on any atom is -0.504 e. The first-order chi connectivity index (χ1) is 20.5. The molecule has 12 nitrogen and oxygen atoms in total. The molecule has 0 saturated heterocycles. The van der Waals surface area contributed by atoms with Gasteiger partial charge in [0.05, 0.1) is 7.11 Å². The molecule has 0 aliphatic rings. The molecule has 0 unspecified atom stereocenters. The molecule has 1 aromatic heterocycles. The lowest BCUT2D eigenvalue weighted by atomic mass is 10.2. The largest absolute Gasteiger partial charge is 0.504 e. The molecular formula is C29H24F2N6O6. The fourth-order valence-electron chi connectivity index (χ4n) is 3.48. The van der Waals surface area contributed by atoms with E-state index in [1.807, 2.05) is 0 Å². The first-order valence-electron chi connectivity index (χ1n) is 12.2. The zero-order chi connectivity index (χ0) is 31.1. The van der Waals surface area contributed by atoms with Crippen molar-refractivity contribution in [2.45, 2.75) is 0 Å². The summed E-state index contributed by atoms with van der Waals surface area (Å²) in [7, 11) is 1.23. The van der Waals surface area contributed by atoms with Crippen LogP contribution < -0.4 is 31.0 Å². The van der Waals surface area contributed by atoms with E-state index < -0.39 is 40.9 Å². The molecule has 0 amide bonds. The van der Waals surface area contributed by atoms with Gasteiger partial charge in [0.15, 0.2) is 17.5 Å². The van der Waals surface area contributed by atoms with Crippen molar-refractivity contribution < 1.29 is 37.6 Å². The lowest BCUT2D eigenvalue weighted by Crippen LogP contribution is -2.20. The number of nitrogens with one attached hydrogen (secondary N) is 3. The summed E-state index contributed by atoms with van der Waals surface area (Å²) in [4.78, 5) is 15.2. The first kappa shape index (κ1) is 29.8. The monoisotopic (exact) mass is 590 g/mol. The van der Waals surface area contributed by atoms with Gasteiger partial charge in [-0.3, -0.25) is 10.8 Å². The second kappa shape index (κ2) is 13.0. The van der Waals surface area contributed by atoms with E-state index in [0.717, 1.165) is 0 Å². The van der Waals surface area contributed by atoms with Gasteiger partial charge in [-0.1, -0.05) is 18.2 Å². The predicted molar refractivity (Wildman–Crippen MR) is 153 cm³/mol. The topological polar surface area (TPSA) is 199 Å². The average Bonchev–Trinajstić information content (AvgIpc) is 2.97. The van der Waals surface area contributed by atoms with Crippen molar-refractivity contribution in [2.24, 2.45) is 11.5 Å². The number of carbonyl (C=O) groups excluding carboxylic acids is 1. The van der Waals surface area contributed by atoms with Crippen molar-refractivity contribution in [1.29, 1.82) is 10.8 Å². The van der Waals surface area contributed by atoms with Gasteiger partial charge in [-0.05, 0) is 54.1 Å². The van der Waals surface area contributed by atoms with Crippen molar-refractivity contribution in [3.63, 3.8) is 0 Å². The molecule has 4 rings (SSSR count). The molecule has 3 aromatic carbocycles. The molecule has 43 heavy (non-hydrogen) atoms. The summed E-state index contributed by atoms with van der Waals surface area (Å²) >= 11 is 0. The van der Waals surface area contributed by atoms with E-state index in [1.54, 1.807) is 6.07 Å². The number of halogens is 2. The number of nitrogens with zero attached hydrogens (tertiary/aromatic N) is 1. The number of amidine groups is 1. The van der Waals surface area contributed by atoms with E-state index in [9.17, 15) is 9.90 Å². The number of phenols is 1. The van der Waals surface area contributed by atoms with Crippen molar-refractivity contribution in [3.05, 3.63) is 95.6 Å². The molecule has 0 aliphatic heterocycles. The van der Waals surface area contributed by atoms with Gasteiger partial charge < -0.3 is 40.8 Å². The molecule has 220 valence electrons. The van der Waals surface area contributed by atoms with Crippen LogP contribution in [0.15, 0.2) is 72.8 Å². The molecule has 0 bridgehead atoms. The summed E-state index contributed by atoms with van der Waals surface area (Å²) in [5.41, 5.74) is 11.9. The summed E-state index contributed by atoms with van der Waals surface area (Å²) in [5, 5.41) is 27.8. The summed E-state index contributed by atoms with van der Waals surface area (Å²) < 4.78 is 52.5. The summed E-state index contributed by atoms with van der Waals surface area (Å²) in [6.07, 6.45) is 2.67. The van der Waals surface area contributed by atoms with E-state index in [2.05, 4.69) is 15.0 Å². The number of benzene rings is 3. The Morgan fingerprint density at radius 1 is 0.930 bits per heavy atom. The Balaban J connectivity index is 1.75. The highest BCUT2D eigenvalue weighted by atomic mass is 19.1. The summed E-state index contributed by atoms with van der Waals surface area (Å²) in [6.45, 7) is 0. The van der Waals surface area contributed by atoms with E-state index in [-0.39, 0.29) is 34.6 Å². The van der Waals surface area contributed by atoms with Crippen LogP contribution in [0.25, 0.3) is 6.08 Å². The number of aromatic nitrogens is 1. The number of anilines is 1. The Bertz CT molecular complexity index is 1730. The normalized spacial score (nSPS) is 10.7. The molecule has 14 heteroatoms. The number of pyridine rings is 1. The van der Waals surface area contributed by atoms with E-state index in [0.29, 0.717) is 11.3 Å². The lowest BCUT2D eigenvalue weighted by Gasteiger charge is -2.15. The molecule has 0 radical (unpaired) electrons. The quantitative estimate of drug-likeness (QED) is 0.0616. The molecule has 0 saturated carbocycles. The first-order valence-corrected chi connectivity index (χ1v) is 12.2. The van der Waals surface area contributed by atoms with Crippen molar-refractivity contribution in [1.82, 2.24) is 4.98 Å². The van der Waals surface area contributed by atoms with Crippen LogP contribution in [0.2, 0.25) is 0 Å². The lowest BCUT2D eigenvalue weighted by molar-refractivity contribution is -0.134. The van der Waals surface area contributed by atoms with Gasteiger partial charge in [0.1, 0.15) is 17.3 Å². The molecule has 8 N–H and O–H groups in total.